The smallest absolute Gasteiger partial charge is 0.228 e. The third-order valence-electron chi connectivity index (χ3n) is 4.48. The number of carbonyl (C=O) groups excluding carboxylic acids is 2. The van der Waals surface area contributed by atoms with Gasteiger partial charge in [-0.2, -0.15) is 4.98 Å². The normalized spacial score (nSPS) is 16.1. The highest BCUT2D eigenvalue weighted by molar-refractivity contribution is 5.82. The Balaban J connectivity index is 1.74. The second-order valence-corrected chi connectivity index (χ2v) is 9.04. The molecule has 2 heterocycles. The molecule has 26 heavy (non-hydrogen) atoms. The topological polar surface area (TPSA) is 79.5 Å². The molecule has 1 aromatic rings. The summed E-state index contributed by atoms with van der Waals surface area (Å²) in [6.07, 6.45) is 1.75. The molecule has 2 rings (SSSR count). The Bertz CT molecular complexity index is 632. The first kappa shape index (κ1) is 20.4. The van der Waals surface area contributed by atoms with Gasteiger partial charge in [0.2, 0.25) is 17.7 Å². The number of aromatic nitrogens is 2. The van der Waals surface area contributed by atoms with E-state index in [1.54, 1.807) is 0 Å². The summed E-state index contributed by atoms with van der Waals surface area (Å²) in [5.74, 6) is 1.56. The second-order valence-electron chi connectivity index (χ2n) is 9.04. The first-order valence-electron chi connectivity index (χ1n) is 9.38. The molecular weight excluding hydrogens is 332 g/mol. The van der Waals surface area contributed by atoms with E-state index in [1.807, 2.05) is 51.3 Å². The molecule has 2 amide bonds. The van der Waals surface area contributed by atoms with Crippen LogP contribution in [0.3, 0.4) is 0 Å². The summed E-state index contributed by atoms with van der Waals surface area (Å²) in [6, 6.07) is 0. The van der Waals surface area contributed by atoms with Gasteiger partial charge in [-0.25, -0.2) is 0 Å². The fourth-order valence-corrected chi connectivity index (χ4v) is 2.84. The van der Waals surface area contributed by atoms with Crippen LogP contribution in [0.15, 0.2) is 4.52 Å². The molecule has 0 N–H and O–H groups in total. The average molecular weight is 364 g/mol. The lowest BCUT2D eigenvalue weighted by Crippen LogP contribution is -2.53. The lowest BCUT2D eigenvalue weighted by Gasteiger charge is -2.37. The largest absolute Gasteiger partial charge is 0.339 e. The van der Waals surface area contributed by atoms with Crippen LogP contribution in [0.4, 0.5) is 0 Å². The molecular formula is C19H32N4O3. The monoisotopic (exact) mass is 364 g/mol. The molecule has 7 nitrogen and oxygen atoms in total. The number of nitrogens with zero attached hydrogens (tertiary/aromatic N) is 4. The molecule has 1 aromatic heterocycles. The highest BCUT2D eigenvalue weighted by atomic mass is 16.5. The highest BCUT2D eigenvalue weighted by Crippen LogP contribution is 2.20. The van der Waals surface area contributed by atoms with Gasteiger partial charge >= 0.3 is 0 Å². The van der Waals surface area contributed by atoms with Crippen LogP contribution in [-0.4, -0.2) is 57.9 Å². The van der Waals surface area contributed by atoms with E-state index in [4.69, 9.17) is 4.52 Å². The zero-order valence-corrected chi connectivity index (χ0v) is 17.0. The van der Waals surface area contributed by atoms with E-state index >= 15 is 0 Å². The molecule has 0 bridgehead atoms. The van der Waals surface area contributed by atoms with Crippen molar-refractivity contribution in [2.45, 2.75) is 66.2 Å². The second kappa shape index (κ2) is 7.76. The molecule has 1 fully saturated rings. The zero-order valence-electron chi connectivity index (χ0n) is 17.0. The van der Waals surface area contributed by atoms with Crippen LogP contribution in [0.1, 0.15) is 66.1 Å². The van der Waals surface area contributed by atoms with Crippen LogP contribution >= 0.6 is 0 Å². The Morgan fingerprint density at radius 1 is 1.00 bits per heavy atom. The van der Waals surface area contributed by atoms with E-state index in [0.29, 0.717) is 57.2 Å². The zero-order chi connectivity index (χ0) is 19.5. The van der Waals surface area contributed by atoms with Crippen molar-refractivity contribution in [2.75, 3.05) is 26.2 Å². The standard InChI is InChI=1S/C19H32N4O3/c1-18(2,3)16-20-14(26-21-16)8-7-9-15(24)22-10-12-23(13-11-22)17(25)19(4,5)6/h7-13H2,1-6H3. The van der Waals surface area contributed by atoms with Gasteiger partial charge in [0.05, 0.1) is 0 Å². The van der Waals surface area contributed by atoms with Gasteiger partial charge in [0.25, 0.3) is 0 Å². The highest BCUT2D eigenvalue weighted by Gasteiger charge is 2.30. The molecule has 1 saturated heterocycles. The lowest BCUT2D eigenvalue weighted by molar-refractivity contribution is -0.145. The summed E-state index contributed by atoms with van der Waals surface area (Å²) in [5.41, 5.74) is -0.510. The van der Waals surface area contributed by atoms with E-state index in [0.717, 1.165) is 0 Å². The predicted octanol–water partition coefficient (Wildman–Crippen LogP) is 2.41. The van der Waals surface area contributed by atoms with Gasteiger partial charge < -0.3 is 14.3 Å². The number of carbonyl (C=O) groups is 2. The van der Waals surface area contributed by atoms with Gasteiger partial charge in [0, 0.05) is 49.9 Å². The maximum Gasteiger partial charge on any atom is 0.228 e. The van der Waals surface area contributed by atoms with E-state index < -0.39 is 0 Å². The summed E-state index contributed by atoms with van der Waals surface area (Å²) < 4.78 is 5.26. The number of rotatable bonds is 4. The fourth-order valence-electron chi connectivity index (χ4n) is 2.84. The van der Waals surface area contributed by atoms with Gasteiger partial charge in [-0.05, 0) is 6.42 Å². The number of aryl methyl sites for hydroxylation is 1. The maximum absolute atomic E-state index is 12.4. The van der Waals surface area contributed by atoms with Crippen LogP contribution in [-0.2, 0) is 21.4 Å². The molecule has 7 heteroatoms. The molecule has 0 saturated carbocycles. The SMILES string of the molecule is CC(C)(C)C(=O)N1CCN(C(=O)CCCc2nc(C(C)(C)C)no2)CC1. The van der Waals surface area contributed by atoms with Gasteiger partial charge in [-0.1, -0.05) is 46.7 Å². The number of piperazine rings is 1. The Kier molecular flexibility index (Phi) is 6.09. The van der Waals surface area contributed by atoms with Crippen molar-refractivity contribution in [3.05, 3.63) is 11.7 Å². The van der Waals surface area contributed by atoms with Crippen molar-refractivity contribution in [3.8, 4) is 0 Å². The number of hydrogen-bond acceptors (Lipinski definition) is 5. The Morgan fingerprint density at radius 3 is 2.08 bits per heavy atom. The predicted molar refractivity (Wildman–Crippen MR) is 98.6 cm³/mol. The van der Waals surface area contributed by atoms with E-state index in [-0.39, 0.29) is 22.6 Å². The molecule has 0 radical (unpaired) electrons. The Hall–Kier alpha value is -1.92. The minimum absolute atomic E-state index is 0.128. The van der Waals surface area contributed by atoms with E-state index in [9.17, 15) is 9.59 Å². The van der Waals surface area contributed by atoms with Gasteiger partial charge in [-0.15, -0.1) is 0 Å². The number of amides is 2. The molecule has 146 valence electrons. The van der Waals surface area contributed by atoms with Crippen LogP contribution in [0.5, 0.6) is 0 Å². The van der Waals surface area contributed by atoms with Crippen molar-refractivity contribution in [3.63, 3.8) is 0 Å². The first-order valence-corrected chi connectivity index (χ1v) is 9.38. The quantitative estimate of drug-likeness (QED) is 0.820. The molecule has 0 unspecified atom stereocenters. The minimum Gasteiger partial charge on any atom is -0.339 e. The van der Waals surface area contributed by atoms with Crippen molar-refractivity contribution >= 4 is 11.8 Å². The van der Waals surface area contributed by atoms with Crippen LogP contribution in [0.25, 0.3) is 0 Å². The van der Waals surface area contributed by atoms with Crippen LogP contribution < -0.4 is 0 Å². The molecule has 0 atom stereocenters. The summed E-state index contributed by atoms with van der Waals surface area (Å²) >= 11 is 0. The maximum atomic E-state index is 12.4. The van der Waals surface area contributed by atoms with E-state index in [1.165, 1.54) is 0 Å². The van der Waals surface area contributed by atoms with Crippen LogP contribution in [0, 0.1) is 5.41 Å². The summed E-state index contributed by atoms with van der Waals surface area (Å²) in [5, 5.41) is 4.00. The Labute approximate surface area is 156 Å². The van der Waals surface area contributed by atoms with Gasteiger partial charge in [-0.3, -0.25) is 9.59 Å². The van der Waals surface area contributed by atoms with Crippen LogP contribution in [0.2, 0.25) is 0 Å². The Morgan fingerprint density at radius 2 is 1.58 bits per heavy atom. The molecule has 0 aliphatic carbocycles. The third-order valence-corrected chi connectivity index (χ3v) is 4.48. The van der Waals surface area contributed by atoms with Crippen molar-refractivity contribution in [2.24, 2.45) is 5.41 Å². The average Bonchev–Trinajstić information content (AvgIpc) is 3.02. The summed E-state index contributed by atoms with van der Waals surface area (Å²) in [6.45, 7) is 14.3. The molecule has 0 aromatic carbocycles. The lowest BCUT2D eigenvalue weighted by atomic mass is 9.94. The molecule has 1 aliphatic rings. The molecule has 0 spiro atoms. The van der Waals surface area contributed by atoms with Crippen molar-refractivity contribution in [1.29, 1.82) is 0 Å². The van der Waals surface area contributed by atoms with E-state index in [2.05, 4.69) is 10.1 Å². The fraction of sp³-hybridized carbons (Fsp3) is 0.789. The third kappa shape index (κ3) is 5.29. The number of hydrogen-bond donors (Lipinski definition) is 0. The molecule has 1 aliphatic heterocycles. The van der Waals surface area contributed by atoms with Crippen molar-refractivity contribution in [1.82, 2.24) is 19.9 Å². The van der Waals surface area contributed by atoms with Gasteiger partial charge in [0.15, 0.2) is 5.82 Å². The first-order chi connectivity index (χ1) is 12.0. The van der Waals surface area contributed by atoms with Gasteiger partial charge in [0.1, 0.15) is 0 Å². The van der Waals surface area contributed by atoms with Crippen molar-refractivity contribution < 1.29 is 14.1 Å². The summed E-state index contributed by atoms with van der Waals surface area (Å²) in [4.78, 5) is 32.8. The summed E-state index contributed by atoms with van der Waals surface area (Å²) in [7, 11) is 0. The minimum atomic E-state index is -0.373.